The molecule has 0 aromatic heterocycles. The SMILES string of the molecule is CC1=C(C(=O)O)C(c2cccc(Cl)c2)N(CCCN2CCN(c3ccc(C(C)(C)C)cc3)C2=O)C(=O)N1. The van der Waals surface area contributed by atoms with Gasteiger partial charge in [0.1, 0.15) is 0 Å². The molecule has 2 heterocycles. The second-order valence-corrected chi connectivity index (χ2v) is 10.9. The second-order valence-electron chi connectivity index (χ2n) is 10.5. The van der Waals surface area contributed by atoms with Gasteiger partial charge in [0.05, 0.1) is 11.6 Å². The minimum absolute atomic E-state index is 0.0392. The summed E-state index contributed by atoms with van der Waals surface area (Å²) in [7, 11) is 0. The number of nitrogens with one attached hydrogen (secondary N) is 1. The molecule has 1 fully saturated rings. The highest BCUT2D eigenvalue weighted by atomic mass is 35.5. The Hall–Kier alpha value is -3.52. The topological polar surface area (TPSA) is 93.2 Å². The summed E-state index contributed by atoms with van der Waals surface area (Å²) in [5, 5.41) is 13.1. The molecule has 0 bridgehead atoms. The number of aliphatic carboxylic acids is 1. The molecule has 4 amide bonds. The smallest absolute Gasteiger partial charge is 0.335 e. The number of amides is 4. The van der Waals surface area contributed by atoms with Gasteiger partial charge >= 0.3 is 18.0 Å². The van der Waals surface area contributed by atoms with Crippen LogP contribution in [0.2, 0.25) is 5.02 Å². The third-order valence-electron chi connectivity index (χ3n) is 6.91. The Balaban J connectivity index is 1.45. The lowest BCUT2D eigenvalue weighted by atomic mass is 9.87. The fraction of sp³-hybridized carbons (Fsp3) is 0.393. The van der Waals surface area contributed by atoms with Gasteiger partial charge in [0, 0.05) is 42.6 Å². The summed E-state index contributed by atoms with van der Waals surface area (Å²) in [5.74, 6) is -1.10. The zero-order valence-corrected chi connectivity index (χ0v) is 22.4. The molecule has 2 N–H and O–H groups in total. The van der Waals surface area contributed by atoms with Crippen molar-refractivity contribution in [2.24, 2.45) is 0 Å². The first-order valence-corrected chi connectivity index (χ1v) is 12.8. The predicted molar refractivity (Wildman–Crippen MR) is 144 cm³/mol. The van der Waals surface area contributed by atoms with Gasteiger partial charge in [-0.15, -0.1) is 0 Å². The van der Waals surface area contributed by atoms with E-state index in [0.717, 1.165) is 5.69 Å². The van der Waals surface area contributed by atoms with Crippen molar-refractivity contribution in [1.82, 2.24) is 15.1 Å². The second kappa shape index (κ2) is 10.5. The van der Waals surface area contributed by atoms with Gasteiger partial charge in [0.15, 0.2) is 0 Å². The monoisotopic (exact) mass is 524 g/mol. The summed E-state index contributed by atoms with van der Waals surface area (Å²) in [6.45, 7) is 9.95. The third kappa shape index (κ3) is 5.59. The molecule has 4 rings (SSSR count). The van der Waals surface area contributed by atoms with E-state index >= 15 is 0 Å². The maximum absolute atomic E-state index is 13.1. The van der Waals surface area contributed by atoms with E-state index in [2.05, 4.69) is 38.2 Å². The Bertz CT molecular complexity index is 1240. The van der Waals surface area contributed by atoms with Crippen LogP contribution in [0.1, 0.15) is 51.3 Å². The van der Waals surface area contributed by atoms with E-state index in [-0.39, 0.29) is 29.6 Å². The van der Waals surface area contributed by atoms with Crippen molar-refractivity contribution in [2.45, 2.75) is 45.6 Å². The van der Waals surface area contributed by atoms with E-state index in [4.69, 9.17) is 11.6 Å². The number of urea groups is 2. The van der Waals surface area contributed by atoms with Crippen LogP contribution < -0.4 is 10.2 Å². The molecule has 1 atom stereocenters. The van der Waals surface area contributed by atoms with Gasteiger partial charge in [-0.1, -0.05) is 56.6 Å². The van der Waals surface area contributed by atoms with E-state index < -0.39 is 12.0 Å². The van der Waals surface area contributed by atoms with Crippen molar-refractivity contribution in [2.75, 3.05) is 31.1 Å². The number of carboxylic acid groups (broad SMARTS) is 1. The average Bonchev–Trinajstić information content (AvgIpc) is 3.19. The van der Waals surface area contributed by atoms with Gasteiger partial charge in [-0.05, 0) is 54.2 Å². The molecule has 0 spiro atoms. The van der Waals surface area contributed by atoms with Crippen molar-refractivity contribution in [3.8, 4) is 0 Å². The molecule has 196 valence electrons. The fourth-order valence-corrected chi connectivity index (χ4v) is 5.11. The molecule has 1 saturated heterocycles. The lowest BCUT2D eigenvalue weighted by Crippen LogP contribution is -2.49. The highest BCUT2D eigenvalue weighted by molar-refractivity contribution is 6.30. The first-order chi connectivity index (χ1) is 17.5. The van der Waals surface area contributed by atoms with Crippen LogP contribution in [0.5, 0.6) is 0 Å². The number of carbonyl (C=O) groups is 3. The van der Waals surface area contributed by atoms with Gasteiger partial charge in [0.25, 0.3) is 0 Å². The van der Waals surface area contributed by atoms with Crippen molar-refractivity contribution in [3.63, 3.8) is 0 Å². The Labute approximate surface area is 222 Å². The minimum Gasteiger partial charge on any atom is -0.478 e. The van der Waals surface area contributed by atoms with Gasteiger partial charge in [-0.3, -0.25) is 4.90 Å². The number of halogens is 1. The molecule has 2 aromatic rings. The number of carboxylic acids is 1. The van der Waals surface area contributed by atoms with Crippen LogP contribution in [0.3, 0.4) is 0 Å². The van der Waals surface area contributed by atoms with Crippen LogP contribution >= 0.6 is 11.6 Å². The third-order valence-corrected chi connectivity index (χ3v) is 7.14. The minimum atomic E-state index is -1.10. The summed E-state index contributed by atoms with van der Waals surface area (Å²) >= 11 is 6.18. The summed E-state index contributed by atoms with van der Waals surface area (Å²) in [5.41, 5.74) is 3.14. The van der Waals surface area contributed by atoms with Crippen molar-refractivity contribution in [1.29, 1.82) is 0 Å². The number of anilines is 1. The fourth-order valence-electron chi connectivity index (χ4n) is 4.91. The van der Waals surface area contributed by atoms with Gasteiger partial charge in [0.2, 0.25) is 0 Å². The molecule has 9 heteroatoms. The van der Waals surface area contributed by atoms with E-state index in [1.807, 2.05) is 12.1 Å². The Kier molecular flexibility index (Phi) is 7.50. The zero-order valence-electron chi connectivity index (χ0n) is 21.6. The number of hydrogen-bond donors (Lipinski definition) is 2. The van der Waals surface area contributed by atoms with Crippen LogP contribution in [0, 0.1) is 0 Å². The lowest BCUT2D eigenvalue weighted by Gasteiger charge is -2.37. The number of nitrogens with zero attached hydrogens (tertiary/aromatic N) is 3. The largest absolute Gasteiger partial charge is 0.478 e. The summed E-state index contributed by atoms with van der Waals surface area (Å²) < 4.78 is 0. The lowest BCUT2D eigenvalue weighted by molar-refractivity contribution is -0.133. The number of allylic oxidation sites excluding steroid dienone is 1. The quantitative estimate of drug-likeness (QED) is 0.507. The summed E-state index contributed by atoms with van der Waals surface area (Å²) in [6.07, 6.45) is 0.499. The molecule has 0 radical (unpaired) electrons. The standard InChI is InChI=1S/C28H33ClN4O4/c1-18-23(25(34)35)24(19-7-5-8-21(29)17-19)33(26(36)30-18)14-6-13-31-15-16-32(27(31)37)22-11-9-20(10-12-22)28(2,3)4/h5,7-12,17,24H,6,13-16H2,1-4H3,(H,30,36)(H,34,35). The van der Waals surface area contributed by atoms with E-state index in [0.29, 0.717) is 42.3 Å². The van der Waals surface area contributed by atoms with Crippen LogP contribution in [0.15, 0.2) is 59.8 Å². The zero-order chi connectivity index (χ0) is 26.9. The van der Waals surface area contributed by atoms with E-state index in [1.165, 1.54) is 10.5 Å². The Morgan fingerprint density at radius 2 is 1.78 bits per heavy atom. The molecule has 8 nitrogen and oxygen atoms in total. The van der Waals surface area contributed by atoms with Crippen LogP contribution in [-0.4, -0.2) is 59.1 Å². The average molecular weight is 525 g/mol. The Morgan fingerprint density at radius 1 is 1.08 bits per heavy atom. The normalized spacial score (nSPS) is 18.5. The number of hydrogen-bond acceptors (Lipinski definition) is 3. The highest BCUT2D eigenvalue weighted by Crippen LogP contribution is 2.35. The van der Waals surface area contributed by atoms with Crippen LogP contribution in [0.25, 0.3) is 0 Å². The summed E-state index contributed by atoms with van der Waals surface area (Å²) in [4.78, 5) is 43.2. The van der Waals surface area contributed by atoms with Gasteiger partial charge < -0.3 is 20.2 Å². The molecule has 2 aliphatic heterocycles. The molecular weight excluding hydrogens is 492 g/mol. The van der Waals surface area contributed by atoms with Gasteiger partial charge in [-0.25, -0.2) is 14.4 Å². The molecule has 2 aromatic carbocycles. The molecule has 2 aliphatic rings. The first kappa shape index (κ1) is 26.5. The van der Waals surface area contributed by atoms with Crippen molar-refractivity contribution in [3.05, 3.63) is 76.0 Å². The van der Waals surface area contributed by atoms with E-state index in [1.54, 1.807) is 41.0 Å². The molecular formula is C28H33ClN4O4. The van der Waals surface area contributed by atoms with Crippen LogP contribution in [0.4, 0.5) is 15.3 Å². The number of carbonyl (C=O) groups excluding carboxylic acids is 2. The van der Waals surface area contributed by atoms with Gasteiger partial charge in [-0.2, -0.15) is 0 Å². The molecule has 0 aliphatic carbocycles. The number of benzene rings is 2. The first-order valence-electron chi connectivity index (χ1n) is 12.4. The number of rotatable bonds is 7. The molecule has 1 unspecified atom stereocenters. The maximum Gasteiger partial charge on any atom is 0.335 e. The predicted octanol–water partition coefficient (Wildman–Crippen LogP) is 5.39. The highest BCUT2D eigenvalue weighted by Gasteiger charge is 2.38. The summed E-state index contributed by atoms with van der Waals surface area (Å²) in [6, 6.07) is 13.8. The maximum atomic E-state index is 13.1. The van der Waals surface area contributed by atoms with E-state index in [9.17, 15) is 19.5 Å². The molecule has 0 saturated carbocycles. The van der Waals surface area contributed by atoms with Crippen molar-refractivity contribution >= 4 is 35.3 Å². The van der Waals surface area contributed by atoms with Crippen molar-refractivity contribution < 1.29 is 19.5 Å². The Morgan fingerprint density at radius 3 is 2.41 bits per heavy atom. The molecule has 37 heavy (non-hydrogen) atoms. The van der Waals surface area contributed by atoms with Crippen LogP contribution in [-0.2, 0) is 10.2 Å².